The largest absolute Gasteiger partial charge is 0.381 e. The SMILES string of the molecule is C.CC(C)(C)CCN.CC(C)(C)CCN=Cc1cccc(F)c1NCCN1CCOCC1.O=Cc1cccc(F)c1NCCN1CCOCC1. The Balaban J connectivity index is 0.000000424. The number of halogens is 2. The Morgan fingerprint density at radius 2 is 1.20 bits per heavy atom. The molecule has 2 fully saturated rings. The van der Waals surface area contributed by atoms with Crippen LogP contribution in [0.5, 0.6) is 0 Å². The number of benzene rings is 2. The van der Waals surface area contributed by atoms with Gasteiger partial charge in [0.05, 0.1) is 37.8 Å². The Kier molecular flexibility index (Phi) is 21.9. The lowest BCUT2D eigenvalue weighted by Gasteiger charge is -2.26. The fourth-order valence-electron chi connectivity index (χ4n) is 4.98. The number of carbonyl (C=O) groups is 1. The summed E-state index contributed by atoms with van der Waals surface area (Å²) in [7, 11) is 0. The molecule has 0 radical (unpaired) electrons. The van der Waals surface area contributed by atoms with Crippen LogP contribution in [0.15, 0.2) is 41.4 Å². The van der Waals surface area contributed by atoms with Crippen molar-refractivity contribution in [1.82, 2.24) is 9.80 Å². The van der Waals surface area contributed by atoms with Gasteiger partial charge in [-0.25, -0.2) is 8.78 Å². The zero-order valence-electron chi connectivity index (χ0n) is 30.8. The zero-order valence-corrected chi connectivity index (χ0v) is 30.8. The van der Waals surface area contributed by atoms with Gasteiger partial charge in [0.1, 0.15) is 11.6 Å². The number of nitrogens with zero attached hydrogens (tertiary/aromatic N) is 3. The van der Waals surface area contributed by atoms with E-state index in [4.69, 9.17) is 15.2 Å². The van der Waals surface area contributed by atoms with Crippen LogP contribution in [0.4, 0.5) is 20.2 Å². The highest BCUT2D eigenvalue weighted by Gasteiger charge is 2.13. The van der Waals surface area contributed by atoms with Gasteiger partial charge in [-0.05, 0) is 48.4 Å². The first-order chi connectivity index (χ1) is 23.3. The molecule has 4 N–H and O–H groups in total. The molecule has 0 saturated carbocycles. The van der Waals surface area contributed by atoms with Crippen molar-refractivity contribution in [2.75, 3.05) is 103 Å². The predicted molar refractivity (Wildman–Crippen MR) is 206 cm³/mol. The van der Waals surface area contributed by atoms with Gasteiger partial charge >= 0.3 is 0 Å². The van der Waals surface area contributed by atoms with Crippen LogP contribution in [0.25, 0.3) is 0 Å². The fourth-order valence-corrected chi connectivity index (χ4v) is 4.98. The van der Waals surface area contributed by atoms with Gasteiger partial charge in [-0.15, -0.1) is 0 Å². The van der Waals surface area contributed by atoms with Crippen molar-refractivity contribution in [3.8, 4) is 0 Å². The summed E-state index contributed by atoms with van der Waals surface area (Å²) in [6.45, 7) is 24.5. The molecule has 2 saturated heterocycles. The van der Waals surface area contributed by atoms with E-state index < -0.39 is 0 Å². The van der Waals surface area contributed by atoms with Crippen LogP contribution < -0.4 is 16.4 Å². The Morgan fingerprint density at radius 3 is 1.60 bits per heavy atom. The predicted octanol–water partition coefficient (Wildman–Crippen LogP) is 6.82. The van der Waals surface area contributed by atoms with Crippen LogP contribution in [0.1, 0.15) is 77.7 Å². The second-order valence-corrected chi connectivity index (χ2v) is 14.7. The first-order valence-corrected chi connectivity index (χ1v) is 17.6. The lowest BCUT2D eigenvalue weighted by Crippen LogP contribution is -2.39. The smallest absolute Gasteiger partial charge is 0.152 e. The fraction of sp³-hybridized carbons (Fsp3) is 0.641. The van der Waals surface area contributed by atoms with Gasteiger partial charge < -0.3 is 25.8 Å². The van der Waals surface area contributed by atoms with E-state index in [1.54, 1.807) is 18.3 Å². The second kappa shape index (κ2) is 24.3. The normalized spacial score (nSPS) is 15.6. The molecule has 2 aromatic rings. The number of anilines is 2. The molecule has 50 heavy (non-hydrogen) atoms. The first kappa shape index (κ1) is 45.1. The number of ether oxygens (including phenoxy) is 2. The van der Waals surface area contributed by atoms with Crippen LogP contribution >= 0.6 is 0 Å². The van der Waals surface area contributed by atoms with Gasteiger partial charge in [0.2, 0.25) is 0 Å². The van der Waals surface area contributed by atoms with E-state index in [-0.39, 0.29) is 24.5 Å². The van der Waals surface area contributed by atoms with E-state index in [9.17, 15) is 13.6 Å². The number of rotatable bonds is 13. The molecule has 11 heteroatoms. The van der Waals surface area contributed by atoms with Gasteiger partial charge in [-0.3, -0.25) is 19.6 Å². The third-order valence-electron chi connectivity index (χ3n) is 8.00. The van der Waals surface area contributed by atoms with Gasteiger partial charge in [0, 0.05) is 76.2 Å². The summed E-state index contributed by atoms with van der Waals surface area (Å²) in [5.41, 5.74) is 8.01. The highest BCUT2D eigenvalue weighted by molar-refractivity contribution is 5.88. The lowest BCUT2D eigenvalue weighted by molar-refractivity contribution is 0.0398. The summed E-state index contributed by atoms with van der Waals surface area (Å²) in [5, 5.41) is 6.23. The first-order valence-electron chi connectivity index (χ1n) is 17.6. The van der Waals surface area contributed by atoms with Crippen molar-refractivity contribution < 1.29 is 23.0 Å². The molecule has 0 amide bonds. The minimum absolute atomic E-state index is 0. The summed E-state index contributed by atoms with van der Waals surface area (Å²) in [5.74, 6) is -0.613. The van der Waals surface area contributed by atoms with E-state index in [0.717, 1.165) is 97.2 Å². The molecule has 0 unspecified atom stereocenters. The topological polar surface area (TPSA) is 104 Å². The number of carbonyl (C=O) groups excluding carboxylic acids is 1. The minimum Gasteiger partial charge on any atom is -0.381 e. The van der Waals surface area contributed by atoms with E-state index in [0.29, 0.717) is 41.7 Å². The standard InChI is InChI=1S/C19H30FN3O.C13H17FN2O2.C6H15N.CH4/c1-19(2,3)7-8-21-15-16-5-4-6-17(20)18(16)22-9-10-23-11-13-24-14-12-23;14-12-3-1-2-11(10-17)13(12)15-4-5-16-6-8-18-9-7-16;1-6(2,3)4-5-7;/h4-6,15,22H,7-14H2,1-3H3;1-3,10,15H,4-9H2;4-5,7H2,1-3H3;1H4. The molecule has 2 aliphatic heterocycles. The summed E-state index contributed by atoms with van der Waals surface area (Å²) in [6.07, 6.45) is 4.58. The number of morpholine rings is 2. The molecule has 0 spiro atoms. The molecule has 2 heterocycles. The van der Waals surface area contributed by atoms with E-state index in [1.165, 1.54) is 18.2 Å². The molecule has 0 atom stereocenters. The molecule has 4 rings (SSSR count). The van der Waals surface area contributed by atoms with Crippen molar-refractivity contribution in [2.45, 2.75) is 61.8 Å². The number of hydrogen-bond acceptors (Lipinski definition) is 9. The molecule has 9 nitrogen and oxygen atoms in total. The van der Waals surface area contributed by atoms with Gasteiger partial charge in [0.15, 0.2) is 6.29 Å². The van der Waals surface area contributed by atoms with Gasteiger partial charge in [-0.2, -0.15) is 0 Å². The van der Waals surface area contributed by atoms with Crippen LogP contribution in [-0.2, 0) is 9.47 Å². The molecule has 0 aliphatic carbocycles. The highest BCUT2D eigenvalue weighted by atomic mass is 19.1. The summed E-state index contributed by atoms with van der Waals surface area (Å²) >= 11 is 0. The van der Waals surface area contributed by atoms with E-state index >= 15 is 0 Å². The molecular formula is C39H66F2N6O3. The number of aliphatic imine (C=N–C) groups is 1. The van der Waals surface area contributed by atoms with Crippen LogP contribution in [0, 0.1) is 22.5 Å². The Labute approximate surface area is 301 Å². The second-order valence-electron chi connectivity index (χ2n) is 14.7. The Bertz CT molecular complexity index is 1240. The maximum atomic E-state index is 14.2. The molecule has 0 bridgehead atoms. The molecular weight excluding hydrogens is 638 g/mol. The third kappa shape index (κ3) is 19.4. The van der Waals surface area contributed by atoms with Crippen molar-refractivity contribution in [3.63, 3.8) is 0 Å². The molecule has 2 aliphatic rings. The highest BCUT2D eigenvalue weighted by Crippen LogP contribution is 2.21. The average Bonchev–Trinajstić information content (AvgIpc) is 3.05. The minimum atomic E-state index is -0.387. The van der Waals surface area contributed by atoms with Crippen molar-refractivity contribution in [3.05, 3.63) is 59.2 Å². The quantitative estimate of drug-likeness (QED) is 0.154. The van der Waals surface area contributed by atoms with E-state index in [2.05, 4.69) is 67.0 Å². The number of nitrogens with one attached hydrogen (secondary N) is 2. The van der Waals surface area contributed by atoms with Gasteiger partial charge in [0.25, 0.3) is 0 Å². The van der Waals surface area contributed by atoms with Crippen LogP contribution in [-0.4, -0.2) is 114 Å². The maximum absolute atomic E-state index is 14.2. The number of nitrogens with two attached hydrogens (primary N) is 1. The van der Waals surface area contributed by atoms with E-state index in [1.807, 2.05) is 6.07 Å². The van der Waals surface area contributed by atoms with Crippen molar-refractivity contribution >= 4 is 23.9 Å². The zero-order chi connectivity index (χ0) is 36.1. The van der Waals surface area contributed by atoms with Crippen LogP contribution in [0.2, 0.25) is 0 Å². The average molecular weight is 705 g/mol. The molecule has 0 aromatic heterocycles. The third-order valence-corrected chi connectivity index (χ3v) is 8.00. The van der Waals surface area contributed by atoms with Gasteiger partial charge in [-0.1, -0.05) is 67.2 Å². The monoisotopic (exact) mass is 705 g/mol. The molecule has 284 valence electrons. The van der Waals surface area contributed by atoms with Crippen LogP contribution in [0.3, 0.4) is 0 Å². The number of aldehydes is 1. The summed E-state index contributed by atoms with van der Waals surface area (Å²) < 4.78 is 38.3. The number of hydrogen-bond donors (Lipinski definition) is 3. The van der Waals surface area contributed by atoms with Crippen molar-refractivity contribution in [1.29, 1.82) is 0 Å². The summed E-state index contributed by atoms with van der Waals surface area (Å²) in [6, 6.07) is 9.61. The summed E-state index contributed by atoms with van der Waals surface area (Å²) in [4.78, 5) is 19.9. The number of para-hydroxylation sites is 2. The maximum Gasteiger partial charge on any atom is 0.152 e. The Hall–Kier alpha value is -2.96. The Morgan fingerprint density at radius 1 is 0.760 bits per heavy atom. The lowest BCUT2D eigenvalue weighted by atomic mass is 9.92. The molecule has 2 aromatic carbocycles. The van der Waals surface area contributed by atoms with Crippen molar-refractivity contribution in [2.24, 2.45) is 21.6 Å².